The van der Waals surface area contributed by atoms with Crippen LogP contribution in [0.15, 0.2) is 0 Å². The second kappa shape index (κ2) is 10.0. The van der Waals surface area contributed by atoms with Gasteiger partial charge in [0.1, 0.15) is 0 Å². The molecule has 2 nitrogen and oxygen atoms in total. The van der Waals surface area contributed by atoms with Gasteiger partial charge in [0.05, 0.1) is 1.37 Å². The number of hydrogen-bond donors (Lipinski definition) is 2. The van der Waals surface area contributed by atoms with Crippen LogP contribution >= 0.6 is 0 Å². The van der Waals surface area contributed by atoms with Gasteiger partial charge in [0.2, 0.25) is 0 Å². The van der Waals surface area contributed by atoms with Crippen LogP contribution in [-0.4, -0.2) is 16.5 Å². The molecule has 0 fully saturated rings. The standard InChI is InChI=1S/C11H24O2/c1-2-3-4-5-6-7-8-9-10-11(12)13/h11-13H,2-10H2,1H3/i9D,10D2,11D. The third kappa shape index (κ3) is 11.9. The van der Waals surface area contributed by atoms with Crippen molar-refractivity contribution in [1.29, 1.82) is 0 Å². The van der Waals surface area contributed by atoms with Gasteiger partial charge in [0.25, 0.3) is 0 Å². The molecule has 0 saturated heterocycles. The van der Waals surface area contributed by atoms with Crippen molar-refractivity contribution < 1.29 is 15.7 Å². The van der Waals surface area contributed by atoms with E-state index in [1.807, 2.05) is 0 Å². The second-order valence-electron chi connectivity index (χ2n) is 3.23. The molecule has 0 aromatic carbocycles. The first-order chi connectivity index (χ1) is 7.73. The summed E-state index contributed by atoms with van der Waals surface area (Å²) in [6.45, 7) is 2.13. The van der Waals surface area contributed by atoms with Crippen LogP contribution in [0.1, 0.15) is 70.1 Å². The molecule has 0 aromatic rings. The van der Waals surface area contributed by atoms with E-state index >= 15 is 0 Å². The zero-order chi connectivity index (χ0) is 13.5. The van der Waals surface area contributed by atoms with Crippen LogP contribution in [-0.2, 0) is 0 Å². The maximum atomic E-state index is 8.92. The number of aliphatic hydroxyl groups is 2. The third-order valence-electron chi connectivity index (χ3n) is 1.93. The molecule has 0 bridgehead atoms. The SMILES string of the molecule is [2H]C(CCCCCCCC)C([2H])([2H])C([2H])(O)O. The predicted molar refractivity (Wildman–Crippen MR) is 55.5 cm³/mol. The molecular weight excluding hydrogens is 164 g/mol. The van der Waals surface area contributed by atoms with Crippen molar-refractivity contribution in [2.75, 3.05) is 0 Å². The summed E-state index contributed by atoms with van der Waals surface area (Å²) < 4.78 is 29.0. The lowest BCUT2D eigenvalue weighted by atomic mass is 10.1. The summed E-state index contributed by atoms with van der Waals surface area (Å²) in [6.07, 6.45) is -0.655. The molecule has 0 spiro atoms. The van der Waals surface area contributed by atoms with Gasteiger partial charge in [0, 0.05) is 4.11 Å². The van der Waals surface area contributed by atoms with E-state index in [9.17, 15) is 0 Å². The largest absolute Gasteiger partial charge is 0.368 e. The average Bonchev–Trinajstić information content (AvgIpc) is 2.21. The smallest absolute Gasteiger partial charge is 0.151 e. The van der Waals surface area contributed by atoms with Gasteiger partial charge in [-0.2, -0.15) is 0 Å². The predicted octanol–water partition coefficient (Wildman–Crippen LogP) is 2.83. The summed E-state index contributed by atoms with van der Waals surface area (Å²) >= 11 is 0. The van der Waals surface area contributed by atoms with Gasteiger partial charge in [0.15, 0.2) is 6.27 Å². The normalized spacial score (nSPS) is 19.9. The van der Waals surface area contributed by atoms with E-state index in [1.165, 1.54) is 12.8 Å². The van der Waals surface area contributed by atoms with E-state index in [4.69, 9.17) is 15.7 Å². The molecule has 2 N–H and O–H groups in total. The summed E-state index contributed by atoms with van der Waals surface area (Å²) in [4.78, 5) is 0. The van der Waals surface area contributed by atoms with E-state index in [1.54, 1.807) is 0 Å². The monoisotopic (exact) mass is 192 g/mol. The van der Waals surface area contributed by atoms with Crippen LogP contribution in [0.3, 0.4) is 0 Å². The fourth-order valence-electron chi connectivity index (χ4n) is 1.19. The van der Waals surface area contributed by atoms with Gasteiger partial charge in [-0.05, 0) is 12.8 Å². The molecule has 0 radical (unpaired) electrons. The van der Waals surface area contributed by atoms with Crippen molar-refractivity contribution in [2.45, 2.75) is 70.9 Å². The molecule has 0 aliphatic carbocycles. The van der Waals surface area contributed by atoms with Gasteiger partial charge in [-0.1, -0.05) is 51.9 Å². The minimum absolute atomic E-state index is 0.251. The topological polar surface area (TPSA) is 40.5 Å². The van der Waals surface area contributed by atoms with Gasteiger partial charge < -0.3 is 10.2 Å². The Labute approximate surface area is 87.6 Å². The fraction of sp³-hybridized carbons (Fsp3) is 1.00. The van der Waals surface area contributed by atoms with Crippen molar-refractivity contribution in [1.82, 2.24) is 0 Å². The maximum absolute atomic E-state index is 8.92. The Balaban J connectivity index is 3.82. The minimum Gasteiger partial charge on any atom is -0.368 e. The van der Waals surface area contributed by atoms with Crippen LogP contribution < -0.4 is 0 Å². The van der Waals surface area contributed by atoms with Gasteiger partial charge in [-0.15, -0.1) is 0 Å². The molecule has 13 heavy (non-hydrogen) atoms. The van der Waals surface area contributed by atoms with Gasteiger partial charge in [-0.25, -0.2) is 0 Å². The molecule has 0 aliphatic rings. The van der Waals surface area contributed by atoms with Crippen molar-refractivity contribution >= 4 is 0 Å². The molecule has 2 heteroatoms. The van der Waals surface area contributed by atoms with Crippen LogP contribution in [0.4, 0.5) is 0 Å². The molecule has 80 valence electrons. The molecule has 0 rings (SSSR count). The Morgan fingerprint density at radius 3 is 2.15 bits per heavy atom. The third-order valence-corrected chi connectivity index (χ3v) is 1.93. The molecule has 1 atom stereocenters. The molecule has 0 saturated carbocycles. The van der Waals surface area contributed by atoms with Crippen molar-refractivity contribution in [3.05, 3.63) is 0 Å². The highest BCUT2D eigenvalue weighted by atomic mass is 16.5. The average molecular weight is 192 g/mol. The van der Waals surface area contributed by atoms with Crippen molar-refractivity contribution in [3.8, 4) is 0 Å². The zero-order valence-corrected chi connectivity index (χ0v) is 8.42. The lowest BCUT2D eigenvalue weighted by Crippen LogP contribution is -2.02. The van der Waals surface area contributed by atoms with Crippen LogP contribution in [0.5, 0.6) is 0 Å². The Kier molecular flexibility index (Phi) is 5.57. The summed E-state index contributed by atoms with van der Waals surface area (Å²) in [5.41, 5.74) is 0. The number of rotatable bonds is 9. The zero-order valence-electron chi connectivity index (χ0n) is 12.4. The first-order valence-electron chi connectivity index (χ1n) is 7.18. The molecular formula is C11H24O2. The Morgan fingerprint density at radius 1 is 1.08 bits per heavy atom. The Bertz CT molecular complexity index is 204. The Morgan fingerprint density at radius 2 is 1.62 bits per heavy atom. The first kappa shape index (κ1) is 7.24. The van der Waals surface area contributed by atoms with E-state index in [0.29, 0.717) is 6.42 Å². The molecule has 0 amide bonds. The highest BCUT2D eigenvalue weighted by Crippen LogP contribution is 2.09. The first-order valence-corrected chi connectivity index (χ1v) is 5.10. The van der Waals surface area contributed by atoms with E-state index in [-0.39, 0.29) is 6.42 Å². The van der Waals surface area contributed by atoms with Gasteiger partial charge in [-0.3, -0.25) is 0 Å². The van der Waals surface area contributed by atoms with Crippen LogP contribution in [0.2, 0.25) is 0 Å². The van der Waals surface area contributed by atoms with Crippen LogP contribution in [0, 0.1) is 0 Å². The minimum atomic E-state index is -3.19. The van der Waals surface area contributed by atoms with Gasteiger partial charge >= 0.3 is 0 Å². The van der Waals surface area contributed by atoms with Crippen molar-refractivity contribution in [2.24, 2.45) is 0 Å². The molecule has 0 heterocycles. The summed E-state index contributed by atoms with van der Waals surface area (Å²) in [7, 11) is 0. The molecule has 1 unspecified atom stereocenters. The van der Waals surface area contributed by atoms with E-state index in [0.717, 1.165) is 19.3 Å². The number of hydrogen-bond acceptors (Lipinski definition) is 2. The molecule has 0 aromatic heterocycles. The maximum Gasteiger partial charge on any atom is 0.151 e. The van der Waals surface area contributed by atoms with Crippen molar-refractivity contribution in [3.63, 3.8) is 0 Å². The van der Waals surface area contributed by atoms with Crippen LogP contribution in [0.25, 0.3) is 0 Å². The molecule has 0 aliphatic heterocycles. The highest BCUT2D eigenvalue weighted by Gasteiger charge is 1.96. The lowest BCUT2D eigenvalue weighted by Gasteiger charge is -2.03. The second-order valence-corrected chi connectivity index (χ2v) is 3.23. The quantitative estimate of drug-likeness (QED) is 0.435. The highest BCUT2D eigenvalue weighted by molar-refractivity contribution is 4.47. The van der Waals surface area contributed by atoms with E-state index < -0.39 is 19.0 Å². The Hall–Kier alpha value is -0.0800. The number of unbranched alkanes of at least 4 members (excludes halogenated alkanes) is 5. The fourth-order valence-corrected chi connectivity index (χ4v) is 1.19. The summed E-state index contributed by atoms with van der Waals surface area (Å²) in [5.74, 6) is 0. The summed E-state index contributed by atoms with van der Waals surface area (Å²) in [6, 6.07) is 0. The summed E-state index contributed by atoms with van der Waals surface area (Å²) in [5, 5.41) is 17.8. The van der Waals surface area contributed by atoms with E-state index in [2.05, 4.69) is 6.92 Å². The lowest BCUT2D eigenvalue weighted by molar-refractivity contribution is -0.0466.